The van der Waals surface area contributed by atoms with E-state index in [4.69, 9.17) is 0 Å². The molecule has 1 aliphatic carbocycles. The van der Waals surface area contributed by atoms with Gasteiger partial charge >= 0.3 is 0 Å². The number of hydrogen-bond acceptors (Lipinski definition) is 5. The second-order valence-corrected chi connectivity index (χ2v) is 7.66. The smallest absolute Gasteiger partial charge is 0.298 e. The maximum atomic E-state index is 13.1. The van der Waals surface area contributed by atoms with Gasteiger partial charge in [0.2, 0.25) is 11.9 Å². The third-order valence-electron chi connectivity index (χ3n) is 5.38. The summed E-state index contributed by atoms with van der Waals surface area (Å²) in [5.74, 6) is 0.803. The van der Waals surface area contributed by atoms with Gasteiger partial charge < -0.3 is 5.21 Å². The van der Waals surface area contributed by atoms with Gasteiger partial charge in [-0.25, -0.2) is 14.7 Å². The molecule has 3 heterocycles. The molecule has 0 saturated carbocycles. The SMILES string of the molecule is Cc1cnc(N2C(=O)C(C)(C)C3CC=C(c4cnc(C)[n+]([O-])c4)C=C32)nc1. The molecule has 7 heteroatoms. The van der Waals surface area contributed by atoms with Crippen LogP contribution < -0.4 is 9.63 Å². The zero-order valence-corrected chi connectivity index (χ0v) is 15.8. The van der Waals surface area contributed by atoms with Crippen LogP contribution >= 0.6 is 0 Å². The first-order valence-electron chi connectivity index (χ1n) is 8.90. The Hall–Kier alpha value is -3.09. The summed E-state index contributed by atoms with van der Waals surface area (Å²) < 4.78 is 0.755. The molecule has 0 N–H and O–H groups in total. The number of nitrogens with zero attached hydrogens (tertiary/aromatic N) is 5. The summed E-state index contributed by atoms with van der Waals surface area (Å²) >= 11 is 0. The Balaban J connectivity index is 1.80. The Kier molecular flexibility index (Phi) is 3.83. The summed E-state index contributed by atoms with van der Waals surface area (Å²) in [7, 11) is 0. The number of hydrogen-bond donors (Lipinski definition) is 0. The highest BCUT2D eigenvalue weighted by atomic mass is 16.5. The normalized spacial score (nSPS) is 21.0. The van der Waals surface area contributed by atoms with Crippen molar-refractivity contribution in [2.75, 3.05) is 4.90 Å². The van der Waals surface area contributed by atoms with Crippen LogP contribution in [-0.4, -0.2) is 20.9 Å². The number of amides is 1. The van der Waals surface area contributed by atoms with Crippen molar-refractivity contribution in [3.63, 3.8) is 0 Å². The molecule has 0 aromatic carbocycles. The number of carbonyl (C=O) groups excluding carboxylic acids is 1. The van der Waals surface area contributed by atoms with Crippen LogP contribution in [0.1, 0.15) is 37.2 Å². The Morgan fingerprint density at radius 3 is 2.56 bits per heavy atom. The van der Waals surface area contributed by atoms with E-state index in [9.17, 15) is 10.0 Å². The van der Waals surface area contributed by atoms with Gasteiger partial charge in [-0.05, 0) is 30.6 Å². The van der Waals surface area contributed by atoms with Gasteiger partial charge in [-0.2, -0.15) is 0 Å². The Labute approximate surface area is 157 Å². The monoisotopic (exact) mass is 363 g/mol. The Bertz CT molecular complexity index is 992. The molecule has 1 atom stereocenters. The highest BCUT2D eigenvalue weighted by molar-refractivity contribution is 6.03. The first-order valence-corrected chi connectivity index (χ1v) is 8.90. The zero-order chi connectivity index (χ0) is 19.3. The van der Waals surface area contributed by atoms with Crippen molar-refractivity contribution >= 4 is 17.4 Å². The summed E-state index contributed by atoms with van der Waals surface area (Å²) in [6.45, 7) is 7.49. The van der Waals surface area contributed by atoms with E-state index in [-0.39, 0.29) is 11.8 Å². The van der Waals surface area contributed by atoms with Crippen LogP contribution in [-0.2, 0) is 4.79 Å². The number of fused-ring (bicyclic) bond motifs is 1. The molecule has 0 radical (unpaired) electrons. The average molecular weight is 363 g/mol. The van der Waals surface area contributed by atoms with Crippen LogP contribution in [0.5, 0.6) is 0 Å². The van der Waals surface area contributed by atoms with E-state index in [1.807, 2.05) is 26.8 Å². The Morgan fingerprint density at radius 2 is 1.89 bits per heavy atom. The summed E-state index contributed by atoms with van der Waals surface area (Å²) in [5, 5.41) is 11.9. The van der Waals surface area contributed by atoms with Crippen LogP contribution in [0.4, 0.5) is 5.95 Å². The second kappa shape index (κ2) is 5.97. The largest absolute Gasteiger partial charge is 0.711 e. The van der Waals surface area contributed by atoms with E-state index in [0.717, 1.165) is 27.1 Å². The van der Waals surface area contributed by atoms with Crippen molar-refractivity contribution in [3.05, 3.63) is 64.8 Å². The van der Waals surface area contributed by atoms with Gasteiger partial charge in [-0.3, -0.25) is 9.69 Å². The molecule has 1 unspecified atom stereocenters. The molecule has 2 aromatic rings. The minimum atomic E-state index is -0.550. The van der Waals surface area contributed by atoms with Crippen molar-refractivity contribution in [2.24, 2.45) is 11.3 Å². The highest BCUT2D eigenvalue weighted by Gasteiger charge is 2.52. The number of rotatable bonds is 2. The van der Waals surface area contributed by atoms with Crippen molar-refractivity contribution in [1.29, 1.82) is 0 Å². The maximum absolute atomic E-state index is 13.1. The number of aromatic nitrogens is 4. The molecule has 2 aliphatic rings. The van der Waals surface area contributed by atoms with Gasteiger partial charge in [0.1, 0.15) is 6.20 Å². The van der Waals surface area contributed by atoms with Crippen molar-refractivity contribution in [3.8, 4) is 0 Å². The molecule has 7 nitrogen and oxygen atoms in total. The van der Waals surface area contributed by atoms with E-state index in [1.54, 1.807) is 30.4 Å². The molecule has 1 fully saturated rings. The predicted octanol–water partition coefficient (Wildman–Crippen LogP) is 2.48. The molecule has 2 aromatic heterocycles. The molecule has 0 bridgehead atoms. The van der Waals surface area contributed by atoms with Crippen molar-refractivity contribution in [1.82, 2.24) is 15.0 Å². The number of anilines is 1. The third kappa shape index (κ3) is 2.70. The van der Waals surface area contributed by atoms with Crippen LogP contribution in [0, 0.1) is 30.4 Å². The van der Waals surface area contributed by atoms with E-state index in [2.05, 4.69) is 21.0 Å². The van der Waals surface area contributed by atoms with Gasteiger partial charge in [0.15, 0.2) is 6.20 Å². The Morgan fingerprint density at radius 1 is 1.19 bits per heavy atom. The first-order chi connectivity index (χ1) is 12.8. The standard InChI is InChI=1S/C20H21N5O2/c1-12-8-22-19(23-9-12)25-17-7-14(15-10-21-13(2)24(27)11-15)5-6-16(17)20(3,4)18(25)26/h5,7-11,16H,6H2,1-4H3. The first kappa shape index (κ1) is 17.3. The van der Waals surface area contributed by atoms with Gasteiger partial charge in [0.25, 0.3) is 5.82 Å². The third-order valence-corrected chi connectivity index (χ3v) is 5.38. The van der Waals surface area contributed by atoms with Crippen LogP contribution in [0.25, 0.3) is 5.57 Å². The molecule has 138 valence electrons. The average Bonchev–Trinajstić information content (AvgIpc) is 2.84. The lowest BCUT2D eigenvalue weighted by Crippen LogP contribution is -2.32. The lowest BCUT2D eigenvalue weighted by molar-refractivity contribution is -0.616. The van der Waals surface area contributed by atoms with E-state index in [0.29, 0.717) is 18.2 Å². The minimum absolute atomic E-state index is 0.0156. The highest BCUT2D eigenvalue weighted by Crippen LogP contribution is 2.49. The number of aryl methyl sites for hydroxylation is 2. The molecule has 27 heavy (non-hydrogen) atoms. The predicted molar refractivity (Wildman–Crippen MR) is 100 cm³/mol. The fraction of sp³-hybridized carbons (Fsp3) is 0.350. The lowest BCUT2D eigenvalue weighted by Gasteiger charge is -2.25. The van der Waals surface area contributed by atoms with E-state index < -0.39 is 5.41 Å². The quantitative estimate of drug-likeness (QED) is 0.604. The molecule has 1 aliphatic heterocycles. The molecule has 0 spiro atoms. The van der Waals surface area contributed by atoms with Crippen molar-refractivity contribution in [2.45, 2.75) is 34.1 Å². The summed E-state index contributed by atoms with van der Waals surface area (Å²) in [5.41, 5.74) is 2.85. The summed E-state index contributed by atoms with van der Waals surface area (Å²) in [6, 6.07) is 0. The topological polar surface area (TPSA) is 85.9 Å². The summed E-state index contributed by atoms with van der Waals surface area (Å²) in [6.07, 6.45) is 11.3. The summed E-state index contributed by atoms with van der Waals surface area (Å²) in [4.78, 5) is 27.6. The van der Waals surface area contributed by atoms with Gasteiger partial charge in [0.05, 0.1) is 11.0 Å². The molecular formula is C20H21N5O2. The lowest BCUT2D eigenvalue weighted by atomic mass is 9.75. The number of allylic oxidation sites excluding steroid dienone is 4. The molecule has 1 amide bonds. The zero-order valence-electron chi connectivity index (χ0n) is 15.8. The molecular weight excluding hydrogens is 342 g/mol. The molecule has 1 saturated heterocycles. The van der Waals surface area contributed by atoms with Gasteiger partial charge in [0, 0.05) is 30.9 Å². The molecule has 4 rings (SSSR count). The number of carbonyl (C=O) groups is 1. The van der Waals surface area contributed by atoms with E-state index in [1.165, 1.54) is 6.20 Å². The second-order valence-electron chi connectivity index (χ2n) is 7.66. The van der Waals surface area contributed by atoms with Crippen LogP contribution in [0.3, 0.4) is 0 Å². The van der Waals surface area contributed by atoms with Crippen LogP contribution in [0.2, 0.25) is 0 Å². The van der Waals surface area contributed by atoms with E-state index >= 15 is 0 Å². The fourth-order valence-corrected chi connectivity index (χ4v) is 3.65. The van der Waals surface area contributed by atoms with Crippen LogP contribution in [0.15, 0.2) is 42.6 Å². The van der Waals surface area contributed by atoms with Gasteiger partial charge in [-0.15, -0.1) is 0 Å². The fourth-order valence-electron chi connectivity index (χ4n) is 3.65. The van der Waals surface area contributed by atoms with Crippen molar-refractivity contribution < 1.29 is 9.52 Å². The minimum Gasteiger partial charge on any atom is -0.711 e. The maximum Gasteiger partial charge on any atom is 0.298 e. The van der Waals surface area contributed by atoms with Gasteiger partial charge in [-0.1, -0.05) is 24.9 Å².